The van der Waals surface area contributed by atoms with Crippen molar-refractivity contribution in [3.63, 3.8) is 0 Å². The SMILES string of the molecule is CCOc1ccc(F)c(C(=O)N[C@H](CO)c2ccccc2)c1F. The van der Waals surface area contributed by atoms with Crippen molar-refractivity contribution >= 4 is 5.91 Å². The van der Waals surface area contributed by atoms with Crippen molar-refractivity contribution in [3.05, 3.63) is 65.2 Å². The minimum atomic E-state index is -1.06. The van der Waals surface area contributed by atoms with E-state index in [1.807, 2.05) is 0 Å². The minimum Gasteiger partial charge on any atom is -0.491 e. The van der Waals surface area contributed by atoms with Crippen molar-refractivity contribution in [2.45, 2.75) is 13.0 Å². The minimum absolute atomic E-state index is 0.187. The molecule has 0 heterocycles. The molecule has 2 N–H and O–H groups in total. The number of rotatable bonds is 6. The second-order valence-corrected chi connectivity index (χ2v) is 4.79. The maximum Gasteiger partial charge on any atom is 0.257 e. The second-order valence-electron chi connectivity index (χ2n) is 4.79. The van der Waals surface area contributed by atoms with Gasteiger partial charge in [0.25, 0.3) is 5.91 Å². The highest BCUT2D eigenvalue weighted by molar-refractivity contribution is 5.95. The summed E-state index contributed by atoms with van der Waals surface area (Å²) in [5, 5.41) is 11.9. The molecule has 0 aliphatic carbocycles. The average Bonchev–Trinajstić information content (AvgIpc) is 2.56. The molecule has 23 heavy (non-hydrogen) atoms. The third-order valence-electron chi connectivity index (χ3n) is 3.27. The summed E-state index contributed by atoms with van der Waals surface area (Å²) < 4.78 is 33.1. The van der Waals surface area contributed by atoms with Crippen molar-refractivity contribution in [1.29, 1.82) is 0 Å². The van der Waals surface area contributed by atoms with Gasteiger partial charge < -0.3 is 15.2 Å². The highest BCUT2D eigenvalue weighted by atomic mass is 19.1. The molecule has 0 fully saturated rings. The lowest BCUT2D eigenvalue weighted by Crippen LogP contribution is -2.32. The van der Waals surface area contributed by atoms with E-state index in [9.17, 15) is 18.7 Å². The molecule has 1 atom stereocenters. The van der Waals surface area contributed by atoms with E-state index >= 15 is 0 Å². The van der Waals surface area contributed by atoms with Crippen LogP contribution in [0.1, 0.15) is 28.9 Å². The van der Waals surface area contributed by atoms with Gasteiger partial charge >= 0.3 is 0 Å². The number of benzene rings is 2. The first-order valence-corrected chi connectivity index (χ1v) is 7.16. The predicted octanol–water partition coefficient (Wildman–Crippen LogP) is 2.83. The van der Waals surface area contributed by atoms with Crippen molar-refractivity contribution in [3.8, 4) is 5.75 Å². The van der Waals surface area contributed by atoms with Gasteiger partial charge in [0, 0.05) is 0 Å². The summed E-state index contributed by atoms with van der Waals surface area (Å²) >= 11 is 0. The van der Waals surface area contributed by atoms with Gasteiger partial charge in [-0.2, -0.15) is 0 Å². The zero-order chi connectivity index (χ0) is 16.8. The Hall–Kier alpha value is -2.47. The molecular weight excluding hydrogens is 304 g/mol. The molecule has 122 valence electrons. The number of halogens is 2. The van der Waals surface area contributed by atoms with Crippen LogP contribution in [0.3, 0.4) is 0 Å². The van der Waals surface area contributed by atoms with E-state index in [1.165, 1.54) is 0 Å². The average molecular weight is 321 g/mol. The maximum atomic E-state index is 14.2. The third kappa shape index (κ3) is 3.84. The van der Waals surface area contributed by atoms with E-state index in [2.05, 4.69) is 5.32 Å². The molecule has 0 aliphatic rings. The van der Waals surface area contributed by atoms with Crippen LogP contribution in [-0.2, 0) is 0 Å². The van der Waals surface area contributed by atoms with Gasteiger partial charge in [-0.3, -0.25) is 4.79 Å². The normalized spacial score (nSPS) is 11.8. The van der Waals surface area contributed by atoms with E-state index in [1.54, 1.807) is 37.3 Å². The van der Waals surface area contributed by atoms with Crippen molar-refractivity contribution in [1.82, 2.24) is 5.32 Å². The molecule has 0 radical (unpaired) electrons. The van der Waals surface area contributed by atoms with Crippen LogP contribution >= 0.6 is 0 Å². The first kappa shape index (κ1) is 16.9. The molecule has 2 aromatic rings. The Balaban J connectivity index is 2.28. The van der Waals surface area contributed by atoms with Gasteiger partial charge in [-0.05, 0) is 24.6 Å². The van der Waals surface area contributed by atoms with Crippen LogP contribution in [0.15, 0.2) is 42.5 Å². The molecule has 0 saturated heterocycles. The van der Waals surface area contributed by atoms with Crippen molar-refractivity contribution < 1.29 is 23.4 Å². The predicted molar refractivity (Wildman–Crippen MR) is 81.3 cm³/mol. The highest BCUT2D eigenvalue weighted by Gasteiger charge is 2.23. The van der Waals surface area contributed by atoms with Gasteiger partial charge in [0.05, 0.1) is 19.3 Å². The Bertz CT molecular complexity index is 677. The Morgan fingerprint density at radius 2 is 1.91 bits per heavy atom. The molecule has 2 rings (SSSR count). The van der Waals surface area contributed by atoms with Gasteiger partial charge in [0.1, 0.15) is 11.4 Å². The van der Waals surface area contributed by atoms with Crippen LogP contribution in [0.5, 0.6) is 5.75 Å². The van der Waals surface area contributed by atoms with Crippen molar-refractivity contribution in [2.75, 3.05) is 13.2 Å². The van der Waals surface area contributed by atoms with Gasteiger partial charge in [0.2, 0.25) is 0 Å². The van der Waals surface area contributed by atoms with Gasteiger partial charge in [-0.25, -0.2) is 8.78 Å². The Morgan fingerprint density at radius 3 is 2.52 bits per heavy atom. The number of hydrogen-bond donors (Lipinski definition) is 2. The molecular formula is C17H17F2NO3. The summed E-state index contributed by atoms with van der Waals surface area (Å²) in [4.78, 5) is 12.2. The largest absolute Gasteiger partial charge is 0.491 e. The maximum absolute atomic E-state index is 14.2. The Kier molecular flexibility index (Phi) is 5.65. The molecule has 0 unspecified atom stereocenters. The zero-order valence-electron chi connectivity index (χ0n) is 12.6. The quantitative estimate of drug-likeness (QED) is 0.860. The number of nitrogens with one attached hydrogen (secondary N) is 1. The summed E-state index contributed by atoms with van der Waals surface area (Å²) in [7, 11) is 0. The number of amides is 1. The van der Waals surface area contributed by atoms with Crippen LogP contribution < -0.4 is 10.1 Å². The molecule has 1 amide bonds. The van der Waals surface area contributed by atoms with Crippen LogP contribution in [0.4, 0.5) is 8.78 Å². The number of aliphatic hydroxyl groups excluding tert-OH is 1. The lowest BCUT2D eigenvalue weighted by atomic mass is 10.1. The van der Waals surface area contributed by atoms with E-state index in [-0.39, 0.29) is 12.4 Å². The summed E-state index contributed by atoms with van der Waals surface area (Å²) in [6.07, 6.45) is 0. The lowest BCUT2D eigenvalue weighted by molar-refractivity contribution is 0.0906. The van der Waals surface area contributed by atoms with Crippen LogP contribution in [-0.4, -0.2) is 24.2 Å². The van der Waals surface area contributed by atoms with Crippen LogP contribution in [0.2, 0.25) is 0 Å². The lowest BCUT2D eigenvalue weighted by Gasteiger charge is -2.17. The summed E-state index contributed by atoms with van der Waals surface area (Å²) in [6, 6.07) is 9.99. The highest BCUT2D eigenvalue weighted by Crippen LogP contribution is 2.24. The summed E-state index contributed by atoms with van der Waals surface area (Å²) in [5.41, 5.74) is -0.101. The molecule has 0 saturated carbocycles. The van der Waals surface area contributed by atoms with Gasteiger partial charge in [-0.1, -0.05) is 30.3 Å². The fourth-order valence-corrected chi connectivity index (χ4v) is 2.16. The number of hydrogen-bond acceptors (Lipinski definition) is 3. The molecule has 0 bridgehead atoms. The Morgan fingerprint density at radius 1 is 1.22 bits per heavy atom. The van der Waals surface area contributed by atoms with E-state index < -0.39 is 35.8 Å². The third-order valence-corrected chi connectivity index (χ3v) is 3.27. The van der Waals surface area contributed by atoms with Gasteiger partial charge in [-0.15, -0.1) is 0 Å². The molecule has 2 aromatic carbocycles. The first-order chi connectivity index (χ1) is 11.1. The van der Waals surface area contributed by atoms with E-state index in [0.717, 1.165) is 12.1 Å². The Labute approximate surface area is 132 Å². The van der Waals surface area contributed by atoms with E-state index in [0.29, 0.717) is 5.56 Å². The number of aliphatic hydroxyl groups is 1. The summed E-state index contributed by atoms with van der Waals surface area (Å²) in [5.74, 6) is -3.20. The molecule has 0 aliphatic heterocycles. The standard InChI is InChI=1S/C17H17F2NO3/c1-2-23-14-9-8-12(18)15(16(14)19)17(22)20-13(10-21)11-6-4-3-5-7-11/h3-9,13,21H,2,10H2,1H3,(H,20,22)/t13-/m1/s1. The fraction of sp³-hybridized carbons (Fsp3) is 0.235. The second kappa shape index (κ2) is 7.69. The summed E-state index contributed by atoms with van der Waals surface area (Å²) in [6.45, 7) is 1.44. The fourth-order valence-electron chi connectivity index (χ4n) is 2.16. The van der Waals surface area contributed by atoms with Crippen LogP contribution in [0.25, 0.3) is 0 Å². The smallest absolute Gasteiger partial charge is 0.257 e. The van der Waals surface area contributed by atoms with Gasteiger partial charge in [0.15, 0.2) is 11.6 Å². The monoisotopic (exact) mass is 321 g/mol. The molecule has 6 heteroatoms. The topological polar surface area (TPSA) is 58.6 Å². The number of ether oxygens (including phenoxy) is 1. The zero-order valence-corrected chi connectivity index (χ0v) is 12.6. The van der Waals surface area contributed by atoms with E-state index in [4.69, 9.17) is 4.74 Å². The molecule has 4 nitrogen and oxygen atoms in total. The van der Waals surface area contributed by atoms with Crippen molar-refractivity contribution in [2.24, 2.45) is 0 Å². The van der Waals surface area contributed by atoms with Crippen LogP contribution in [0, 0.1) is 11.6 Å². The number of carbonyl (C=O) groups excluding carboxylic acids is 1. The number of carbonyl (C=O) groups is 1. The molecule has 0 aromatic heterocycles. The molecule has 0 spiro atoms. The first-order valence-electron chi connectivity index (χ1n) is 7.16.